The molecule has 0 unspecified atom stereocenters. The van der Waals surface area contributed by atoms with Gasteiger partial charge in [0.2, 0.25) is 0 Å². The summed E-state index contributed by atoms with van der Waals surface area (Å²) in [7, 11) is 0. The summed E-state index contributed by atoms with van der Waals surface area (Å²) >= 11 is 15.2. The minimum Gasteiger partial charge on any atom is -0.288 e. The Balaban J connectivity index is 1.53. The lowest BCUT2D eigenvalue weighted by molar-refractivity contribution is 0.0990. The minimum absolute atomic E-state index is 0.148. The molecular formula is C21H9Cl2NO2S2. The van der Waals surface area contributed by atoms with E-state index in [1.807, 2.05) is 24.4 Å². The number of ketones is 2. The molecule has 3 nitrogen and oxygen atoms in total. The maximum absolute atomic E-state index is 12.7. The number of hydrogen-bond donors (Lipinski definition) is 0. The molecule has 3 heterocycles. The van der Waals surface area contributed by atoms with Crippen LogP contribution in [0.1, 0.15) is 25.6 Å². The number of allylic oxidation sites excluding steroid dienone is 1. The van der Waals surface area contributed by atoms with Crippen LogP contribution in [0.4, 0.5) is 0 Å². The topological polar surface area (TPSA) is 47.0 Å². The quantitative estimate of drug-likeness (QED) is 0.254. The molecule has 0 spiro atoms. The monoisotopic (exact) mass is 441 g/mol. The second-order valence-corrected chi connectivity index (χ2v) is 9.27. The van der Waals surface area contributed by atoms with Crippen molar-refractivity contribution in [2.75, 3.05) is 0 Å². The molecule has 5 rings (SSSR count). The van der Waals surface area contributed by atoms with Gasteiger partial charge in [0.15, 0.2) is 11.6 Å². The van der Waals surface area contributed by atoms with Crippen molar-refractivity contribution in [2.24, 2.45) is 0 Å². The molecule has 28 heavy (non-hydrogen) atoms. The summed E-state index contributed by atoms with van der Waals surface area (Å²) in [5, 5.41) is 0.532. The summed E-state index contributed by atoms with van der Waals surface area (Å²) in [6, 6.07) is 11.0. The highest BCUT2D eigenvalue weighted by Gasteiger charge is 2.34. The number of Topliss-reactive ketones (excluding diaryl/α,β-unsaturated/α-hetero) is 2. The molecule has 0 bridgehead atoms. The summed E-state index contributed by atoms with van der Waals surface area (Å²) < 4.78 is 2.22. The second-order valence-electron chi connectivity index (χ2n) is 6.26. The first-order valence-corrected chi connectivity index (χ1v) is 10.6. The molecule has 0 N–H and O–H groups in total. The number of pyridine rings is 1. The molecule has 136 valence electrons. The van der Waals surface area contributed by atoms with Gasteiger partial charge in [-0.05, 0) is 36.4 Å². The maximum atomic E-state index is 12.7. The number of carbonyl (C=O) groups is 2. The molecule has 1 aromatic carbocycles. The minimum atomic E-state index is -0.314. The van der Waals surface area contributed by atoms with Crippen LogP contribution in [0.15, 0.2) is 54.4 Å². The van der Waals surface area contributed by atoms with E-state index in [2.05, 4.69) is 11.1 Å². The van der Waals surface area contributed by atoms with Gasteiger partial charge in [-0.1, -0.05) is 29.3 Å². The lowest BCUT2D eigenvalue weighted by Crippen LogP contribution is -1.99. The molecule has 0 aliphatic heterocycles. The molecule has 1 aliphatic carbocycles. The molecule has 0 fully saturated rings. The largest absolute Gasteiger partial charge is 0.288 e. The van der Waals surface area contributed by atoms with E-state index in [1.54, 1.807) is 34.9 Å². The van der Waals surface area contributed by atoms with Crippen molar-refractivity contribution in [3.8, 4) is 10.4 Å². The van der Waals surface area contributed by atoms with Crippen LogP contribution in [0, 0.1) is 0 Å². The van der Waals surface area contributed by atoms with E-state index >= 15 is 0 Å². The van der Waals surface area contributed by atoms with E-state index in [9.17, 15) is 9.59 Å². The van der Waals surface area contributed by atoms with Crippen molar-refractivity contribution >= 4 is 72.9 Å². The van der Waals surface area contributed by atoms with Crippen LogP contribution in [0.2, 0.25) is 10.0 Å². The van der Waals surface area contributed by atoms with E-state index in [0.717, 1.165) is 24.7 Å². The highest BCUT2D eigenvalue weighted by atomic mass is 35.5. The van der Waals surface area contributed by atoms with Gasteiger partial charge in [0, 0.05) is 48.2 Å². The standard InChI is InChI=1S/C21H9Cl2NO2S2/c22-15-6-12-13(7-16(15)23)21(26)14(20(12)25)4-11-5-18-19(27-11)8-17(28-18)10-2-1-3-24-9-10/h1-9H. The number of benzene rings is 1. The first kappa shape index (κ1) is 17.8. The zero-order chi connectivity index (χ0) is 19.4. The van der Waals surface area contributed by atoms with E-state index in [1.165, 1.54) is 12.1 Å². The maximum Gasteiger partial charge on any atom is 0.197 e. The number of nitrogens with zero attached hydrogens (tertiary/aromatic N) is 1. The summed E-state index contributed by atoms with van der Waals surface area (Å²) in [6.45, 7) is 0. The fraction of sp³-hybridized carbons (Fsp3) is 0. The molecule has 7 heteroatoms. The highest BCUT2D eigenvalue weighted by Crippen LogP contribution is 2.40. The predicted octanol–water partition coefficient (Wildman–Crippen LogP) is 6.79. The van der Waals surface area contributed by atoms with E-state index in [-0.39, 0.29) is 27.2 Å². The number of carbonyl (C=O) groups excluding carboxylic acids is 2. The summed E-state index contributed by atoms with van der Waals surface area (Å²) in [5.74, 6) is -0.627. The number of hydrogen-bond acceptors (Lipinski definition) is 5. The number of rotatable bonds is 2. The van der Waals surface area contributed by atoms with Gasteiger partial charge in [0.1, 0.15) is 0 Å². The molecule has 0 saturated carbocycles. The zero-order valence-corrected chi connectivity index (χ0v) is 17.2. The SMILES string of the molecule is O=C1C(=Cc2cc3sc(-c4cccnc4)cc3s2)C(=O)c2cc(Cl)c(Cl)cc21. The Kier molecular flexibility index (Phi) is 4.21. The van der Waals surface area contributed by atoms with Gasteiger partial charge < -0.3 is 0 Å². The van der Waals surface area contributed by atoms with Gasteiger partial charge in [0.25, 0.3) is 0 Å². The van der Waals surface area contributed by atoms with Crippen LogP contribution >= 0.6 is 45.9 Å². The summed E-state index contributed by atoms with van der Waals surface area (Å²) in [4.78, 5) is 31.5. The van der Waals surface area contributed by atoms with Gasteiger partial charge >= 0.3 is 0 Å². The molecular weight excluding hydrogens is 433 g/mol. The predicted molar refractivity (Wildman–Crippen MR) is 116 cm³/mol. The number of fused-ring (bicyclic) bond motifs is 2. The normalized spacial score (nSPS) is 13.4. The second kappa shape index (κ2) is 6.64. The van der Waals surface area contributed by atoms with Crippen LogP contribution in [0.3, 0.4) is 0 Å². The lowest BCUT2D eigenvalue weighted by Gasteiger charge is -1.98. The fourth-order valence-electron chi connectivity index (χ4n) is 3.17. The van der Waals surface area contributed by atoms with Crippen molar-refractivity contribution in [1.29, 1.82) is 0 Å². The molecule has 0 amide bonds. The lowest BCUT2D eigenvalue weighted by atomic mass is 10.1. The Bertz CT molecular complexity index is 1240. The van der Waals surface area contributed by atoms with Crippen LogP contribution < -0.4 is 0 Å². The van der Waals surface area contributed by atoms with Crippen LogP contribution in [0.5, 0.6) is 0 Å². The molecule has 3 aromatic heterocycles. The third-order valence-electron chi connectivity index (χ3n) is 4.50. The third kappa shape index (κ3) is 2.83. The van der Waals surface area contributed by atoms with Gasteiger partial charge in [0.05, 0.1) is 15.6 Å². The van der Waals surface area contributed by atoms with Crippen LogP contribution in [-0.4, -0.2) is 16.6 Å². The number of thiophene rings is 2. The first-order valence-electron chi connectivity index (χ1n) is 8.25. The van der Waals surface area contributed by atoms with E-state index in [0.29, 0.717) is 11.1 Å². The van der Waals surface area contributed by atoms with E-state index < -0.39 is 0 Å². The average Bonchev–Trinajstić information content (AvgIpc) is 3.31. The Labute approximate surface area is 177 Å². The van der Waals surface area contributed by atoms with Gasteiger partial charge in [-0.3, -0.25) is 14.6 Å². The Morgan fingerprint density at radius 1 is 0.893 bits per heavy atom. The average molecular weight is 442 g/mol. The third-order valence-corrected chi connectivity index (χ3v) is 7.51. The van der Waals surface area contributed by atoms with Crippen LogP contribution in [-0.2, 0) is 0 Å². The molecule has 0 radical (unpaired) electrons. The van der Waals surface area contributed by atoms with E-state index in [4.69, 9.17) is 23.2 Å². The molecule has 4 aromatic rings. The molecule has 0 saturated heterocycles. The first-order chi connectivity index (χ1) is 13.5. The fourth-order valence-corrected chi connectivity index (χ4v) is 5.83. The Hall–Kier alpha value is -2.31. The van der Waals surface area contributed by atoms with Gasteiger partial charge in [-0.2, -0.15) is 0 Å². The molecule has 0 atom stereocenters. The Morgan fingerprint density at radius 2 is 1.57 bits per heavy atom. The molecule has 1 aliphatic rings. The van der Waals surface area contributed by atoms with Gasteiger partial charge in [-0.25, -0.2) is 0 Å². The van der Waals surface area contributed by atoms with Crippen molar-refractivity contribution in [3.63, 3.8) is 0 Å². The highest BCUT2D eigenvalue weighted by molar-refractivity contribution is 7.29. The smallest absolute Gasteiger partial charge is 0.197 e. The van der Waals surface area contributed by atoms with Crippen molar-refractivity contribution in [1.82, 2.24) is 4.98 Å². The van der Waals surface area contributed by atoms with Crippen molar-refractivity contribution in [3.05, 3.63) is 80.4 Å². The Morgan fingerprint density at radius 3 is 2.18 bits per heavy atom. The zero-order valence-electron chi connectivity index (χ0n) is 14.0. The number of aromatic nitrogens is 1. The van der Waals surface area contributed by atoms with Crippen LogP contribution in [0.25, 0.3) is 25.9 Å². The number of halogens is 2. The summed E-state index contributed by atoms with van der Waals surface area (Å²) in [6.07, 6.45) is 5.24. The van der Waals surface area contributed by atoms with Crippen molar-refractivity contribution in [2.45, 2.75) is 0 Å². The van der Waals surface area contributed by atoms with Gasteiger partial charge in [-0.15, -0.1) is 22.7 Å². The summed E-state index contributed by atoms with van der Waals surface area (Å²) in [5.41, 5.74) is 1.83. The van der Waals surface area contributed by atoms with Crippen molar-refractivity contribution < 1.29 is 9.59 Å².